The molecule has 1 fully saturated rings. The largest absolute Gasteiger partial charge is 0.369 e. The van der Waals surface area contributed by atoms with E-state index in [2.05, 4.69) is 42.4 Å². The molecule has 0 aromatic heterocycles. The second-order valence-electron chi connectivity index (χ2n) is 8.90. The number of guanidine groups is 1. The lowest BCUT2D eigenvalue weighted by atomic mass is 9.88. The minimum atomic E-state index is -0.335. The number of amides is 2. The summed E-state index contributed by atoms with van der Waals surface area (Å²) in [5.41, 5.74) is 8.41. The van der Waals surface area contributed by atoms with E-state index in [1.54, 1.807) is 4.90 Å². The van der Waals surface area contributed by atoms with Crippen LogP contribution in [0.5, 0.6) is 0 Å². The molecular weight excluding hydrogens is 364 g/mol. The van der Waals surface area contributed by atoms with Crippen LogP contribution in [0.4, 0.5) is 0 Å². The Morgan fingerprint density at radius 3 is 2.76 bits per heavy atom. The summed E-state index contributed by atoms with van der Waals surface area (Å²) >= 11 is 0. The number of nitrogens with two attached hydrogens (primary N) is 1. The standard InChI is InChI=1S/C23H32N4O2/c1-3-23(4-2)13-21(29)27(22(24)26-23)14-17-11-16(17)12-20(28)25-19-10-9-15-7-5-6-8-18(15)19/h5-8,16-17,19H,3-4,9-14H2,1-2H3,(H2,24,26)(H,25,28)/t16-,17-,19-/m0/s1. The maximum atomic E-state index is 12.7. The number of hydrogen-bond acceptors (Lipinski definition) is 4. The Kier molecular flexibility index (Phi) is 5.36. The highest BCUT2D eigenvalue weighted by Gasteiger charge is 2.44. The number of fused-ring (bicyclic) bond motifs is 1. The van der Waals surface area contributed by atoms with Crippen LogP contribution >= 0.6 is 0 Å². The quantitative estimate of drug-likeness (QED) is 0.743. The molecule has 1 saturated carbocycles. The zero-order valence-corrected chi connectivity index (χ0v) is 17.5. The van der Waals surface area contributed by atoms with E-state index in [-0.39, 0.29) is 23.4 Å². The van der Waals surface area contributed by atoms with E-state index in [1.165, 1.54) is 11.1 Å². The molecule has 0 bridgehead atoms. The van der Waals surface area contributed by atoms with Crippen LogP contribution in [0.25, 0.3) is 0 Å². The number of aryl methyl sites for hydroxylation is 1. The van der Waals surface area contributed by atoms with E-state index in [4.69, 9.17) is 5.73 Å². The van der Waals surface area contributed by atoms with E-state index in [0.717, 1.165) is 32.1 Å². The van der Waals surface area contributed by atoms with Crippen LogP contribution in [-0.2, 0) is 16.0 Å². The van der Waals surface area contributed by atoms with Crippen molar-refractivity contribution in [2.24, 2.45) is 22.6 Å². The van der Waals surface area contributed by atoms with Crippen LogP contribution in [0.15, 0.2) is 29.3 Å². The Hall–Kier alpha value is -2.37. The SMILES string of the molecule is CCC1(CC)CC(=O)N(C[C@@H]2C[C@H]2CC(=O)N[C@H]2CCc3ccccc32)C(N)=N1. The molecule has 6 nitrogen and oxygen atoms in total. The summed E-state index contributed by atoms with van der Waals surface area (Å²) in [4.78, 5) is 31.5. The third-order valence-electron chi connectivity index (χ3n) is 7.13. The topological polar surface area (TPSA) is 87.8 Å². The molecule has 1 aliphatic heterocycles. The van der Waals surface area contributed by atoms with Gasteiger partial charge in [-0.15, -0.1) is 0 Å². The Morgan fingerprint density at radius 2 is 2.03 bits per heavy atom. The number of benzene rings is 1. The van der Waals surface area contributed by atoms with Crippen LogP contribution in [0.1, 0.15) is 69.5 Å². The van der Waals surface area contributed by atoms with Gasteiger partial charge in [0, 0.05) is 13.0 Å². The van der Waals surface area contributed by atoms with E-state index in [0.29, 0.717) is 37.2 Å². The summed E-state index contributed by atoms with van der Waals surface area (Å²) in [5, 5.41) is 3.21. The van der Waals surface area contributed by atoms with Crippen molar-refractivity contribution in [1.82, 2.24) is 10.2 Å². The molecule has 6 heteroatoms. The molecule has 2 amide bonds. The van der Waals surface area contributed by atoms with Gasteiger partial charge in [-0.2, -0.15) is 0 Å². The van der Waals surface area contributed by atoms with Crippen molar-refractivity contribution in [2.75, 3.05) is 6.54 Å². The van der Waals surface area contributed by atoms with Crippen molar-refractivity contribution in [3.8, 4) is 0 Å². The fourth-order valence-corrected chi connectivity index (χ4v) is 4.92. The van der Waals surface area contributed by atoms with Gasteiger partial charge in [0.2, 0.25) is 11.8 Å². The number of carbonyl (C=O) groups excluding carboxylic acids is 2. The smallest absolute Gasteiger partial charge is 0.231 e. The van der Waals surface area contributed by atoms with Gasteiger partial charge < -0.3 is 11.1 Å². The summed E-state index contributed by atoms with van der Waals surface area (Å²) in [5.74, 6) is 1.20. The van der Waals surface area contributed by atoms with Crippen molar-refractivity contribution >= 4 is 17.8 Å². The highest BCUT2D eigenvalue weighted by Crippen LogP contribution is 2.43. The highest BCUT2D eigenvalue weighted by atomic mass is 16.2. The maximum absolute atomic E-state index is 12.7. The molecule has 4 rings (SSSR count). The fourth-order valence-electron chi connectivity index (χ4n) is 4.92. The van der Waals surface area contributed by atoms with Crippen LogP contribution in [0.2, 0.25) is 0 Å². The number of aliphatic imine (C=N–C) groups is 1. The average molecular weight is 397 g/mol. The number of nitrogens with one attached hydrogen (secondary N) is 1. The van der Waals surface area contributed by atoms with Gasteiger partial charge in [0.1, 0.15) is 0 Å². The molecule has 3 aliphatic rings. The summed E-state index contributed by atoms with van der Waals surface area (Å²) in [7, 11) is 0. The molecular formula is C23H32N4O2. The molecule has 29 heavy (non-hydrogen) atoms. The minimum absolute atomic E-state index is 0.0684. The van der Waals surface area contributed by atoms with Gasteiger partial charge in [-0.05, 0) is 55.1 Å². The number of rotatable bonds is 7. The second kappa shape index (κ2) is 7.81. The first-order chi connectivity index (χ1) is 13.9. The summed E-state index contributed by atoms with van der Waals surface area (Å²) in [6.45, 7) is 4.70. The lowest BCUT2D eigenvalue weighted by Crippen LogP contribution is -2.52. The molecule has 0 saturated heterocycles. The van der Waals surface area contributed by atoms with Crippen LogP contribution in [0, 0.1) is 11.8 Å². The van der Waals surface area contributed by atoms with Gasteiger partial charge in [0.05, 0.1) is 18.0 Å². The molecule has 156 valence electrons. The second-order valence-corrected chi connectivity index (χ2v) is 8.90. The first kappa shape index (κ1) is 19.9. The van der Waals surface area contributed by atoms with Gasteiger partial charge in [-0.3, -0.25) is 14.5 Å². The third-order valence-corrected chi connectivity index (χ3v) is 7.13. The van der Waals surface area contributed by atoms with Gasteiger partial charge >= 0.3 is 0 Å². The third kappa shape index (κ3) is 4.02. The molecule has 3 N–H and O–H groups in total. The Balaban J connectivity index is 1.29. The molecule has 1 heterocycles. The van der Waals surface area contributed by atoms with Gasteiger partial charge in [-0.1, -0.05) is 38.1 Å². The van der Waals surface area contributed by atoms with Crippen LogP contribution < -0.4 is 11.1 Å². The lowest BCUT2D eigenvalue weighted by Gasteiger charge is -2.36. The minimum Gasteiger partial charge on any atom is -0.369 e. The molecule has 0 unspecified atom stereocenters. The van der Waals surface area contributed by atoms with Crippen molar-refractivity contribution in [3.63, 3.8) is 0 Å². The molecule has 1 aromatic carbocycles. The average Bonchev–Trinajstić information content (AvgIpc) is 3.31. The summed E-state index contributed by atoms with van der Waals surface area (Å²) in [6.07, 6.45) is 5.57. The first-order valence-electron chi connectivity index (χ1n) is 11.0. The Labute approximate surface area is 172 Å². The van der Waals surface area contributed by atoms with Crippen molar-refractivity contribution in [3.05, 3.63) is 35.4 Å². The van der Waals surface area contributed by atoms with E-state index in [9.17, 15) is 9.59 Å². The fraction of sp³-hybridized carbons (Fsp3) is 0.609. The zero-order chi connectivity index (χ0) is 20.6. The molecule has 0 spiro atoms. The van der Waals surface area contributed by atoms with E-state index in [1.807, 2.05) is 6.07 Å². The summed E-state index contributed by atoms with van der Waals surface area (Å²) < 4.78 is 0. The molecule has 3 atom stereocenters. The first-order valence-corrected chi connectivity index (χ1v) is 11.0. The van der Waals surface area contributed by atoms with Crippen molar-refractivity contribution in [2.45, 2.75) is 70.4 Å². The normalized spacial score (nSPS) is 27.4. The van der Waals surface area contributed by atoms with Crippen LogP contribution in [0.3, 0.4) is 0 Å². The van der Waals surface area contributed by atoms with Gasteiger partial charge in [-0.25, -0.2) is 4.99 Å². The van der Waals surface area contributed by atoms with Crippen LogP contribution in [-0.4, -0.2) is 34.8 Å². The Morgan fingerprint density at radius 1 is 1.28 bits per heavy atom. The Bertz CT molecular complexity index is 830. The van der Waals surface area contributed by atoms with Gasteiger partial charge in [0.25, 0.3) is 0 Å². The number of nitrogens with zero attached hydrogens (tertiary/aromatic N) is 2. The van der Waals surface area contributed by atoms with Gasteiger partial charge in [0.15, 0.2) is 5.96 Å². The summed E-state index contributed by atoms with van der Waals surface area (Å²) in [6, 6.07) is 8.49. The van der Waals surface area contributed by atoms with Crippen molar-refractivity contribution in [1.29, 1.82) is 0 Å². The van der Waals surface area contributed by atoms with E-state index >= 15 is 0 Å². The lowest BCUT2D eigenvalue weighted by molar-refractivity contribution is -0.129. The monoisotopic (exact) mass is 396 g/mol. The number of hydrogen-bond donors (Lipinski definition) is 2. The maximum Gasteiger partial charge on any atom is 0.231 e. The van der Waals surface area contributed by atoms with E-state index < -0.39 is 0 Å². The van der Waals surface area contributed by atoms with Crippen molar-refractivity contribution < 1.29 is 9.59 Å². The predicted molar refractivity (Wildman–Crippen MR) is 113 cm³/mol. The zero-order valence-electron chi connectivity index (χ0n) is 17.5. The number of carbonyl (C=O) groups is 2. The predicted octanol–water partition coefficient (Wildman–Crippen LogP) is 2.92. The molecule has 2 aliphatic carbocycles. The highest BCUT2D eigenvalue weighted by molar-refractivity contribution is 5.99. The molecule has 0 radical (unpaired) electrons. The molecule has 1 aromatic rings.